The van der Waals surface area contributed by atoms with Gasteiger partial charge in [-0.1, -0.05) is 23.0 Å². The van der Waals surface area contributed by atoms with E-state index >= 15 is 0 Å². The molecule has 0 amide bonds. The molecule has 0 radical (unpaired) electrons. The van der Waals surface area contributed by atoms with E-state index in [1.54, 1.807) is 28.7 Å². The number of ether oxygens (including phenoxy) is 2. The predicted molar refractivity (Wildman–Crippen MR) is 81.4 cm³/mol. The highest BCUT2D eigenvalue weighted by molar-refractivity contribution is 8.83. The van der Waals surface area contributed by atoms with Crippen molar-refractivity contribution in [2.75, 3.05) is 33.4 Å². The van der Waals surface area contributed by atoms with E-state index in [0.717, 1.165) is 36.4 Å². The van der Waals surface area contributed by atoms with Crippen molar-refractivity contribution in [3.8, 4) is 5.75 Å². The highest BCUT2D eigenvalue weighted by Gasteiger charge is 2.14. The quantitative estimate of drug-likeness (QED) is 0.627. The zero-order chi connectivity index (χ0) is 12.8. The van der Waals surface area contributed by atoms with Gasteiger partial charge in [-0.05, 0) is 35.1 Å². The second-order valence-corrected chi connectivity index (χ2v) is 6.54. The summed E-state index contributed by atoms with van der Waals surface area (Å²) in [6.07, 6.45) is 0. The maximum Gasteiger partial charge on any atom is 0.147 e. The van der Waals surface area contributed by atoms with E-state index in [1.165, 1.54) is 4.90 Å². The molecule has 18 heavy (non-hydrogen) atoms. The Bertz CT molecular complexity index is 391. The minimum atomic E-state index is 0.772. The molecule has 6 heteroatoms. The van der Waals surface area contributed by atoms with Crippen molar-refractivity contribution in [2.45, 2.75) is 4.90 Å². The van der Waals surface area contributed by atoms with Crippen LogP contribution in [-0.4, -0.2) is 42.6 Å². The summed E-state index contributed by atoms with van der Waals surface area (Å²) in [7, 11) is 4.98. The van der Waals surface area contributed by atoms with E-state index in [2.05, 4.69) is 4.90 Å². The Hall–Kier alpha value is -0.430. The summed E-state index contributed by atoms with van der Waals surface area (Å²) in [5, 5.41) is 0. The normalized spacial score (nSPS) is 15.5. The molecular formula is C12H15NO2S3. The van der Waals surface area contributed by atoms with Crippen molar-refractivity contribution in [2.24, 2.45) is 0 Å². The second-order valence-electron chi connectivity index (χ2n) is 3.71. The number of methoxy groups -OCH3 is 1. The Morgan fingerprint density at radius 1 is 1.28 bits per heavy atom. The maximum atomic E-state index is 5.41. The number of benzene rings is 1. The highest BCUT2D eigenvalue weighted by Crippen LogP contribution is 2.34. The largest absolute Gasteiger partial charge is 0.497 e. The molecule has 1 saturated heterocycles. The lowest BCUT2D eigenvalue weighted by atomic mass is 10.3. The van der Waals surface area contributed by atoms with Crippen molar-refractivity contribution in [1.82, 2.24) is 4.90 Å². The number of morpholine rings is 1. The molecule has 1 aliphatic rings. The predicted octanol–water partition coefficient (Wildman–Crippen LogP) is 3.05. The lowest BCUT2D eigenvalue weighted by Crippen LogP contribution is -2.38. The molecule has 0 unspecified atom stereocenters. The van der Waals surface area contributed by atoms with E-state index in [4.69, 9.17) is 21.7 Å². The first kappa shape index (κ1) is 14.0. The summed E-state index contributed by atoms with van der Waals surface area (Å²) in [5.74, 6) is 0.875. The molecule has 0 aromatic heterocycles. The van der Waals surface area contributed by atoms with Crippen molar-refractivity contribution in [3.05, 3.63) is 24.3 Å². The van der Waals surface area contributed by atoms with Gasteiger partial charge >= 0.3 is 0 Å². The van der Waals surface area contributed by atoms with Crippen molar-refractivity contribution < 1.29 is 9.47 Å². The Morgan fingerprint density at radius 3 is 2.56 bits per heavy atom. The average molecular weight is 301 g/mol. The van der Waals surface area contributed by atoms with Crippen LogP contribution < -0.4 is 4.74 Å². The van der Waals surface area contributed by atoms with Crippen LogP contribution in [0.1, 0.15) is 0 Å². The molecule has 0 bridgehead atoms. The van der Waals surface area contributed by atoms with Gasteiger partial charge in [-0.15, -0.1) is 0 Å². The number of thiocarbonyl (C=S) groups is 1. The smallest absolute Gasteiger partial charge is 0.147 e. The molecule has 3 nitrogen and oxygen atoms in total. The fourth-order valence-corrected chi connectivity index (χ4v) is 3.86. The van der Waals surface area contributed by atoms with Crippen LogP contribution in [0.2, 0.25) is 0 Å². The van der Waals surface area contributed by atoms with Crippen LogP contribution in [0.4, 0.5) is 0 Å². The highest BCUT2D eigenvalue weighted by atomic mass is 33.1. The van der Waals surface area contributed by atoms with E-state index in [0.29, 0.717) is 0 Å². The molecule has 2 rings (SSSR count). The molecule has 0 aliphatic carbocycles. The standard InChI is InChI=1S/C12H15NO2S3/c1-14-10-2-4-11(5-3-10)17-18-12(16)13-6-8-15-9-7-13/h2-5H,6-9H2,1H3. The summed E-state index contributed by atoms with van der Waals surface area (Å²) in [5.41, 5.74) is 0. The van der Waals surface area contributed by atoms with Crippen LogP contribution in [0.3, 0.4) is 0 Å². The Kier molecular flexibility index (Phi) is 5.62. The van der Waals surface area contributed by atoms with E-state index < -0.39 is 0 Å². The van der Waals surface area contributed by atoms with Gasteiger partial charge in [0.15, 0.2) is 0 Å². The number of nitrogens with zero attached hydrogens (tertiary/aromatic N) is 1. The van der Waals surface area contributed by atoms with Crippen LogP contribution in [-0.2, 0) is 4.74 Å². The third-order valence-electron chi connectivity index (χ3n) is 2.54. The van der Waals surface area contributed by atoms with Gasteiger partial charge in [-0.2, -0.15) is 0 Å². The molecule has 0 saturated carbocycles. The van der Waals surface area contributed by atoms with Gasteiger partial charge in [0.05, 0.1) is 20.3 Å². The van der Waals surface area contributed by atoms with E-state index in [-0.39, 0.29) is 0 Å². The van der Waals surface area contributed by atoms with Crippen LogP contribution in [0.15, 0.2) is 29.2 Å². The van der Waals surface area contributed by atoms with Gasteiger partial charge in [0.25, 0.3) is 0 Å². The lowest BCUT2D eigenvalue weighted by Gasteiger charge is -2.28. The summed E-state index contributed by atoms with van der Waals surface area (Å²) < 4.78 is 11.4. The minimum Gasteiger partial charge on any atom is -0.497 e. The first-order chi connectivity index (χ1) is 8.79. The molecule has 0 N–H and O–H groups in total. The Labute approximate surface area is 121 Å². The van der Waals surface area contributed by atoms with E-state index in [9.17, 15) is 0 Å². The molecule has 1 heterocycles. The average Bonchev–Trinajstić information content (AvgIpc) is 2.46. The number of hydrogen-bond donors (Lipinski definition) is 0. The van der Waals surface area contributed by atoms with Crippen LogP contribution >= 0.6 is 33.8 Å². The van der Waals surface area contributed by atoms with Gasteiger partial charge in [-0.25, -0.2) is 0 Å². The van der Waals surface area contributed by atoms with Crippen LogP contribution in [0.25, 0.3) is 0 Å². The fraction of sp³-hybridized carbons (Fsp3) is 0.417. The number of rotatable bonds is 3. The topological polar surface area (TPSA) is 21.7 Å². The van der Waals surface area contributed by atoms with Crippen molar-refractivity contribution >= 4 is 38.1 Å². The van der Waals surface area contributed by atoms with Crippen LogP contribution in [0.5, 0.6) is 5.75 Å². The zero-order valence-corrected chi connectivity index (χ0v) is 12.6. The molecular weight excluding hydrogens is 286 g/mol. The zero-order valence-electron chi connectivity index (χ0n) is 10.1. The second kappa shape index (κ2) is 7.23. The number of hydrogen-bond acceptors (Lipinski definition) is 5. The van der Waals surface area contributed by atoms with Crippen molar-refractivity contribution in [1.29, 1.82) is 0 Å². The lowest BCUT2D eigenvalue weighted by molar-refractivity contribution is 0.0703. The van der Waals surface area contributed by atoms with Gasteiger partial charge in [-0.3, -0.25) is 0 Å². The van der Waals surface area contributed by atoms with Gasteiger partial charge in [0.1, 0.15) is 10.1 Å². The summed E-state index contributed by atoms with van der Waals surface area (Å²) in [6, 6.07) is 8.00. The molecule has 0 spiro atoms. The molecule has 1 aliphatic heterocycles. The third-order valence-corrected chi connectivity index (χ3v) is 5.61. The molecule has 1 fully saturated rings. The van der Waals surface area contributed by atoms with Gasteiger partial charge < -0.3 is 14.4 Å². The van der Waals surface area contributed by atoms with Gasteiger partial charge in [0, 0.05) is 18.0 Å². The SMILES string of the molecule is COc1ccc(SSC(=S)N2CCOCC2)cc1. The minimum absolute atomic E-state index is 0.772. The van der Waals surface area contributed by atoms with E-state index in [1.807, 2.05) is 24.3 Å². The third kappa shape index (κ3) is 4.05. The monoisotopic (exact) mass is 301 g/mol. The first-order valence-corrected chi connectivity index (χ1v) is 8.20. The first-order valence-electron chi connectivity index (χ1n) is 5.65. The fourth-order valence-electron chi connectivity index (χ4n) is 1.51. The Morgan fingerprint density at radius 2 is 1.94 bits per heavy atom. The molecule has 98 valence electrons. The van der Waals surface area contributed by atoms with Crippen LogP contribution in [0, 0.1) is 0 Å². The van der Waals surface area contributed by atoms with Crippen molar-refractivity contribution in [3.63, 3.8) is 0 Å². The molecule has 0 atom stereocenters. The summed E-state index contributed by atoms with van der Waals surface area (Å²) in [6.45, 7) is 3.34. The maximum absolute atomic E-state index is 5.41. The molecule has 1 aromatic carbocycles. The summed E-state index contributed by atoms with van der Waals surface area (Å²) in [4.78, 5) is 3.37. The molecule has 1 aromatic rings. The Balaban J connectivity index is 1.80. The van der Waals surface area contributed by atoms with Gasteiger partial charge in [0.2, 0.25) is 0 Å². The summed E-state index contributed by atoms with van der Waals surface area (Å²) >= 11 is 5.41.